The second kappa shape index (κ2) is 6.86. The number of nitrogens with two attached hydrogens (primary N) is 1. The molecule has 0 aliphatic rings. The third-order valence-electron chi connectivity index (χ3n) is 3.55. The zero-order valence-electron chi connectivity index (χ0n) is 12.9. The second-order valence-corrected chi connectivity index (χ2v) is 6.24. The quantitative estimate of drug-likeness (QED) is 0.696. The summed E-state index contributed by atoms with van der Waals surface area (Å²) >= 11 is 3.31. The maximum atomic E-state index is 12.5. The number of anilines is 1. The van der Waals surface area contributed by atoms with E-state index in [1.165, 1.54) is 23.0 Å². The van der Waals surface area contributed by atoms with Crippen LogP contribution in [0.25, 0.3) is 10.9 Å². The molecule has 7 nitrogen and oxygen atoms in total. The van der Waals surface area contributed by atoms with E-state index in [0.717, 1.165) is 4.47 Å². The number of halogens is 1. The molecule has 0 fully saturated rings. The lowest BCUT2D eigenvalue weighted by atomic mass is 10.2. The van der Waals surface area contributed by atoms with Crippen LogP contribution in [0.15, 0.2) is 58.1 Å². The van der Waals surface area contributed by atoms with Crippen LogP contribution < -0.4 is 16.6 Å². The average Bonchev–Trinajstić information content (AvgIpc) is 2.58. The van der Waals surface area contributed by atoms with Gasteiger partial charge >= 0.3 is 0 Å². The Balaban J connectivity index is 1.79. The Morgan fingerprint density at radius 1 is 1.16 bits per heavy atom. The minimum absolute atomic E-state index is 0.175. The Bertz CT molecular complexity index is 1030. The van der Waals surface area contributed by atoms with E-state index in [1.54, 1.807) is 30.3 Å². The number of rotatable bonds is 4. The topological polar surface area (TPSA) is 107 Å². The van der Waals surface area contributed by atoms with Gasteiger partial charge in [-0.2, -0.15) is 0 Å². The number of hydrogen-bond acceptors (Lipinski definition) is 4. The smallest absolute Gasteiger partial charge is 0.261 e. The van der Waals surface area contributed by atoms with Gasteiger partial charge in [0, 0.05) is 15.7 Å². The predicted octanol–water partition coefficient (Wildman–Crippen LogP) is 1.90. The zero-order valence-corrected chi connectivity index (χ0v) is 14.5. The number of carbonyl (C=O) groups is 2. The Morgan fingerprint density at radius 2 is 1.88 bits per heavy atom. The van der Waals surface area contributed by atoms with Crippen LogP contribution in [0, 0.1) is 0 Å². The molecule has 0 unspecified atom stereocenters. The summed E-state index contributed by atoms with van der Waals surface area (Å²) in [6.45, 7) is -0.175. The van der Waals surface area contributed by atoms with Gasteiger partial charge in [-0.05, 0) is 42.5 Å². The summed E-state index contributed by atoms with van der Waals surface area (Å²) in [6, 6.07) is 11.3. The largest absolute Gasteiger partial charge is 0.366 e. The summed E-state index contributed by atoms with van der Waals surface area (Å²) in [4.78, 5) is 39.8. The number of primary amides is 1. The van der Waals surface area contributed by atoms with Crippen molar-refractivity contribution in [2.45, 2.75) is 6.54 Å². The van der Waals surface area contributed by atoms with Crippen molar-refractivity contribution in [3.05, 3.63) is 69.2 Å². The summed E-state index contributed by atoms with van der Waals surface area (Å²) in [5, 5.41) is 3.08. The summed E-state index contributed by atoms with van der Waals surface area (Å²) in [5.41, 5.74) is 6.27. The number of hydrogen-bond donors (Lipinski definition) is 2. The highest BCUT2D eigenvalue weighted by molar-refractivity contribution is 9.10. The number of nitrogens with one attached hydrogen (secondary N) is 1. The van der Waals surface area contributed by atoms with Gasteiger partial charge in [-0.25, -0.2) is 4.98 Å². The highest BCUT2D eigenvalue weighted by Crippen LogP contribution is 2.15. The molecule has 0 radical (unpaired) electrons. The molecule has 8 heteroatoms. The fraction of sp³-hybridized carbons (Fsp3) is 0.0588. The molecule has 0 saturated carbocycles. The van der Waals surface area contributed by atoms with Crippen LogP contribution in [0.4, 0.5) is 5.69 Å². The van der Waals surface area contributed by atoms with Gasteiger partial charge < -0.3 is 11.1 Å². The zero-order chi connectivity index (χ0) is 18.0. The first kappa shape index (κ1) is 16.8. The lowest BCUT2D eigenvalue weighted by Gasteiger charge is -2.08. The molecule has 3 rings (SSSR count). The summed E-state index contributed by atoms with van der Waals surface area (Å²) in [6.07, 6.45) is 1.34. The normalized spacial score (nSPS) is 10.6. The molecule has 0 saturated heterocycles. The van der Waals surface area contributed by atoms with Crippen molar-refractivity contribution in [2.24, 2.45) is 5.73 Å². The molecule has 25 heavy (non-hydrogen) atoms. The minimum Gasteiger partial charge on any atom is -0.366 e. The number of aromatic nitrogens is 2. The molecule has 0 spiro atoms. The van der Waals surface area contributed by atoms with Gasteiger partial charge in [-0.3, -0.25) is 19.0 Å². The van der Waals surface area contributed by atoms with Gasteiger partial charge in [-0.1, -0.05) is 15.9 Å². The van der Waals surface area contributed by atoms with Crippen LogP contribution in [0.3, 0.4) is 0 Å². The Labute approximate surface area is 150 Å². The maximum Gasteiger partial charge on any atom is 0.261 e. The van der Waals surface area contributed by atoms with Crippen molar-refractivity contribution in [2.75, 3.05) is 5.32 Å². The monoisotopic (exact) mass is 400 g/mol. The number of amides is 2. The van der Waals surface area contributed by atoms with E-state index in [2.05, 4.69) is 26.2 Å². The van der Waals surface area contributed by atoms with E-state index in [4.69, 9.17) is 5.73 Å². The maximum absolute atomic E-state index is 12.5. The van der Waals surface area contributed by atoms with Crippen LogP contribution in [0.1, 0.15) is 10.4 Å². The van der Waals surface area contributed by atoms with Gasteiger partial charge in [-0.15, -0.1) is 0 Å². The molecule has 0 atom stereocenters. The lowest BCUT2D eigenvalue weighted by Crippen LogP contribution is -2.27. The number of fused-ring (bicyclic) bond motifs is 1. The van der Waals surface area contributed by atoms with Crippen LogP contribution in [0.5, 0.6) is 0 Å². The van der Waals surface area contributed by atoms with E-state index >= 15 is 0 Å². The lowest BCUT2D eigenvalue weighted by molar-refractivity contribution is -0.116. The van der Waals surface area contributed by atoms with Crippen LogP contribution >= 0.6 is 15.9 Å². The van der Waals surface area contributed by atoms with Gasteiger partial charge in [0.05, 0.1) is 17.2 Å². The first-order chi connectivity index (χ1) is 11.9. The van der Waals surface area contributed by atoms with Gasteiger partial charge in [0.2, 0.25) is 11.8 Å². The molecular weight excluding hydrogens is 388 g/mol. The SMILES string of the molecule is NC(=O)c1ccc(NC(=O)Cn2cnc3ccc(Br)cc3c2=O)cc1. The standard InChI is InChI=1S/C17H13BrN4O3/c18-11-3-6-14-13(7-11)17(25)22(9-20-14)8-15(23)21-12-4-1-10(2-5-12)16(19)24/h1-7,9H,8H2,(H2,19,24)(H,21,23). The molecule has 1 heterocycles. The highest BCUT2D eigenvalue weighted by Gasteiger charge is 2.09. The Kier molecular flexibility index (Phi) is 4.62. The van der Waals surface area contributed by atoms with E-state index < -0.39 is 5.91 Å². The van der Waals surface area contributed by atoms with Gasteiger partial charge in [0.25, 0.3) is 5.56 Å². The van der Waals surface area contributed by atoms with Crippen LogP contribution in [-0.4, -0.2) is 21.4 Å². The van der Waals surface area contributed by atoms with Gasteiger partial charge in [0.1, 0.15) is 6.54 Å². The second-order valence-electron chi connectivity index (χ2n) is 5.33. The van der Waals surface area contributed by atoms with Crippen LogP contribution in [-0.2, 0) is 11.3 Å². The summed E-state index contributed by atoms with van der Waals surface area (Å²) in [7, 11) is 0. The van der Waals surface area contributed by atoms with E-state index in [1.807, 2.05) is 0 Å². The highest BCUT2D eigenvalue weighted by atomic mass is 79.9. The van der Waals surface area contributed by atoms with Gasteiger partial charge in [0.15, 0.2) is 0 Å². The molecule has 1 aromatic heterocycles. The molecule has 0 bridgehead atoms. The number of nitrogens with zero attached hydrogens (tertiary/aromatic N) is 2. The fourth-order valence-corrected chi connectivity index (χ4v) is 2.68. The third-order valence-corrected chi connectivity index (χ3v) is 4.05. The van der Waals surface area contributed by atoms with Crippen molar-refractivity contribution in [1.82, 2.24) is 9.55 Å². The summed E-state index contributed by atoms with van der Waals surface area (Å²) < 4.78 is 2.00. The first-order valence-electron chi connectivity index (χ1n) is 7.28. The molecule has 2 aromatic carbocycles. The first-order valence-corrected chi connectivity index (χ1v) is 8.08. The van der Waals surface area contributed by atoms with Crippen molar-refractivity contribution in [3.8, 4) is 0 Å². The molecule has 2 amide bonds. The minimum atomic E-state index is -0.544. The van der Waals surface area contributed by atoms with E-state index in [9.17, 15) is 14.4 Å². The molecule has 126 valence electrons. The van der Waals surface area contributed by atoms with Crippen LogP contribution in [0.2, 0.25) is 0 Å². The van der Waals surface area contributed by atoms with Crippen molar-refractivity contribution in [1.29, 1.82) is 0 Å². The third kappa shape index (κ3) is 3.74. The van der Waals surface area contributed by atoms with Crippen molar-refractivity contribution >= 4 is 44.3 Å². The van der Waals surface area contributed by atoms with Crippen molar-refractivity contribution < 1.29 is 9.59 Å². The number of benzene rings is 2. The van der Waals surface area contributed by atoms with Crippen molar-refractivity contribution in [3.63, 3.8) is 0 Å². The fourth-order valence-electron chi connectivity index (χ4n) is 2.32. The predicted molar refractivity (Wildman–Crippen MR) is 97.3 cm³/mol. The Morgan fingerprint density at radius 3 is 2.56 bits per heavy atom. The van der Waals surface area contributed by atoms with E-state index in [-0.39, 0.29) is 18.0 Å². The average molecular weight is 401 g/mol. The molecule has 0 aliphatic heterocycles. The molecule has 0 aliphatic carbocycles. The molecular formula is C17H13BrN4O3. The molecule has 3 N–H and O–H groups in total. The van der Waals surface area contributed by atoms with E-state index in [0.29, 0.717) is 22.2 Å². The summed E-state index contributed by atoms with van der Waals surface area (Å²) in [5.74, 6) is -0.928. The molecule has 3 aromatic rings. The Hall–Kier alpha value is -3.00. The number of carbonyl (C=O) groups excluding carboxylic acids is 2.